The number of aryl methyl sites for hydroxylation is 2. The number of allylic oxidation sites excluding steroid dienone is 1. The molecule has 0 radical (unpaired) electrons. The molecule has 2 N–H and O–H groups in total. The SMILES string of the molecule is Cc1cc2c(c(=O)n1CCc1ccccc1)C(c1ccccc1Cl)C(C#N)=C(N)O2. The lowest BCUT2D eigenvalue weighted by molar-refractivity contribution is 0.388. The van der Waals surface area contributed by atoms with E-state index in [1.165, 1.54) is 0 Å². The van der Waals surface area contributed by atoms with Crippen molar-refractivity contribution in [2.45, 2.75) is 25.8 Å². The van der Waals surface area contributed by atoms with Gasteiger partial charge in [0, 0.05) is 23.3 Å². The molecule has 30 heavy (non-hydrogen) atoms. The van der Waals surface area contributed by atoms with Gasteiger partial charge in [0.05, 0.1) is 11.5 Å². The van der Waals surface area contributed by atoms with Crippen molar-refractivity contribution in [2.75, 3.05) is 0 Å². The van der Waals surface area contributed by atoms with E-state index >= 15 is 0 Å². The van der Waals surface area contributed by atoms with Gasteiger partial charge in [-0.15, -0.1) is 0 Å². The first-order valence-electron chi connectivity index (χ1n) is 9.61. The van der Waals surface area contributed by atoms with Gasteiger partial charge < -0.3 is 15.0 Å². The number of halogens is 1. The molecule has 2 aromatic carbocycles. The van der Waals surface area contributed by atoms with E-state index in [2.05, 4.69) is 6.07 Å². The van der Waals surface area contributed by atoms with Crippen LogP contribution in [0.25, 0.3) is 0 Å². The van der Waals surface area contributed by atoms with E-state index in [0.717, 1.165) is 11.3 Å². The normalized spacial score (nSPS) is 15.3. The van der Waals surface area contributed by atoms with Crippen molar-refractivity contribution in [1.82, 2.24) is 4.57 Å². The Morgan fingerprint density at radius 3 is 2.57 bits per heavy atom. The fourth-order valence-corrected chi connectivity index (χ4v) is 4.11. The second-order valence-corrected chi connectivity index (χ2v) is 7.61. The largest absolute Gasteiger partial charge is 0.440 e. The summed E-state index contributed by atoms with van der Waals surface area (Å²) in [7, 11) is 0. The number of nitriles is 1. The summed E-state index contributed by atoms with van der Waals surface area (Å²) >= 11 is 6.44. The number of hydrogen-bond donors (Lipinski definition) is 1. The predicted octanol–water partition coefficient (Wildman–Crippen LogP) is 4.27. The maximum Gasteiger partial charge on any atom is 0.258 e. The summed E-state index contributed by atoms with van der Waals surface area (Å²) < 4.78 is 7.40. The van der Waals surface area contributed by atoms with Crippen LogP contribution in [-0.2, 0) is 13.0 Å². The molecule has 0 aliphatic carbocycles. The Bertz CT molecular complexity index is 1240. The molecule has 3 aromatic rings. The molecule has 0 saturated carbocycles. The van der Waals surface area contributed by atoms with Gasteiger partial charge in [0.25, 0.3) is 5.56 Å². The molecule has 1 atom stereocenters. The van der Waals surface area contributed by atoms with E-state index in [9.17, 15) is 10.1 Å². The molecular formula is C24H20ClN3O2. The zero-order valence-electron chi connectivity index (χ0n) is 16.4. The third-order valence-electron chi connectivity index (χ3n) is 5.37. The average Bonchev–Trinajstić information content (AvgIpc) is 2.74. The van der Waals surface area contributed by atoms with Crippen LogP contribution in [0.4, 0.5) is 0 Å². The van der Waals surface area contributed by atoms with Crippen LogP contribution in [0, 0.1) is 18.3 Å². The topological polar surface area (TPSA) is 81.0 Å². The molecule has 5 nitrogen and oxygen atoms in total. The molecular weight excluding hydrogens is 398 g/mol. The first-order valence-corrected chi connectivity index (χ1v) is 9.99. The van der Waals surface area contributed by atoms with E-state index in [4.69, 9.17) is 22.1 Å². The average molecular weight is 418 g/mol. The second-order valence-electron chi connectivity index (χ2n) is 7.20. The third kappa shape index (κ3) is 3.47. The predicted molar refractivity (Wildman–Crippen MR) is 116 cm³/mol. The number of nitrogens with two attached hydrogens (primary N) is 1. The second kappa shape index (κ2) is 8.10. The summed E-state index contributed by atoms with van der Waals surface area (Å²) in [5.41, 5.74) is 8.96. The van der Waals surface area contributed by atoms with Crippen molar-refractivity contribution in [3.8, 4) is 11.8 Å². The van der Waals surface area contributed by atoms with E-state index in [1.54, 1.807) is 28.8 Å². The van der Waals surface area contributed by atoms with Gasteiger partial charge >= 0.3 is 0 Å². The van der Waals surface area contributed by atoms with E-state index in [-0.39, 0.29) is 17.0 Å². The Kier molecular flexibility index (Phi) is 5.35. The number of nitrogens with zero attached hydrogens (tertiary/aromatic N) is 2. The van der Waals surface area contributed by atoms with E-state index in [0.29, 0.717) is 34.9 Å². The number of rotatable bonds is 4. The Morgan fingerprint density at radius 2 is 1.87 bits per heavy atom. The van der Waals surface area contributed by atoms with Crippen molar-refractivity contribution in [3.63, 3.8) is 0 Å². The molecule has 0 saturated heterocycles. The van der Waals surface area contributed by atoms with Gasteiger partial charge in [-0.25, -0.2) is 0 Å². The zero-order valence-corrected chi connectivity index (χ0v) is 17.2. The monoisotopic (exact) mass is 417 g/mol. The van der Waals surface area contributed by atoms with Gasteiger partial charge in [-0.2, -0.15) is 5.26 Å². The minimum absolute atomic E-state index is 0.00393. The molecule has 0 spiro atoms. The highest BCUT2D eigenvalue weighted by Gasteiger charge is 2.35. The van der Waals surface area contributed by atoms with Crippen LogP contribution in [0.1, 0.15) is 28.3 Å². The number of benzene rings is 2. The highest BCUT2D eigenvalue weighted by molar-refractivity contribution is 6.31. The first kappa shape index (κ1) is 19.8. The molecule has 150 valence electrons. The molecule has 0 amide bonds. The molecule has 1 unspecified atom stereocenters. The smallest absolute Gasteiger partial charge is 0.258 e. The summed E-state index contributed by atoms with van der Waals surface area (Å²) in [6.45, 7) is 2.37. The molecule has 1 aromatic heterocycles. The van der Waals surface area contributed by atoms with Crippen LogP contribution in [0.2, 0.25) is 5.02 Å². The van der Waals surface area contributed by atoms with Crippen LogP contribution in [0.15, 0.2) is 76.9 Å². The molecule has 1 aliphatic heterocycles. The van der Waals surface area contributed by atoms with Gasteiger partial charge in [-0.3, -0.25) is 4.79 Å². The molecule has 0 bridgehead atoms. The van der Waals surface area contributed by atoms with Crippen LogP contribution in [-0.4, -0.2) is 4.57 Å². The number of pyridine rings is 1. The number of fused-ring (bicyclic) bond motifs is 1. The van der Waals surface area contributed by atoms with Crippen LogP contribution in [0.5, 0.6) is 5.75 Å². The summed E-state index contributed by atoms with van der Waals surface area (Å²) in [6, 6.07) is 21.1. The Morgan fingerprint density at radius 1 is 1.17 bits per heavy atom. The molecule has 1 aliphatic rings. The lowest BCUT2D eigenvalue weighted by atomic mass is 9.84. The maximum atomic E-state index is 13.6. The minimum atomic E-state index is -0.677. The van der Waals surface area contributed by atoms with Crippen molar-refractivity contribution in [3.05, 3.63) is 110 Å². The molecule has 2 heterocycles. The highest BCUT2D eigenvalue weighted by Crippen LogP contribution is 2.42. The Hall–Kier alpha value is -3.49. The summed E-state index contributed by atoms with van der Waals surface area (Å²) in [4.78, 5) is 13.6. The quantitative estimate of drug-likeness (QED) is 0.687. The maximum absolute atomic E-state index is 13.6. The van der Waals surface area contributed by atoms with Gasteiger partial charge in [0.1, 0.15) is 17.4 Å². The Labute approximate surface area is 179 Å². The fourth-order valence-electron chi connectivity index (χ4n) is 3.87. The van der Waals surface area contributed by atoms with E-state index < -0.39 is 5.92 Å². The number of hydrogen-bond acceptors (Lipinski definition) is 4. The van der Waals surface area contributed by atoms with Gasteiger partial charge in [0.2, 0.25) is 5.88 Å². The number of ether oxygens (including phenoxy) is 1. The summed E-state index contributed by atoms with van der Waals surface area (Å²) in [5, 5.41) is 10.2. The summed E-state index contributed by atoms with van der Waals surface area (Å²) in [6.07, 6.45) is 0.709. The standard InChI is InChI=1S/C24H20ClN3O2/c1-15-13-20-22(24(29)28(15)12-11-16-7-3-2-4-8-16)21(18(14-26)23(27)30-20)17-9-5-6-10-19(17)25/h2-10,13,21H,11-12,27H2,1H3. The van der Waals surface area contributed by atoms with Crippen LogP contribution >= 0.6 is 11.6 Å². The van der Waals surface area contributed by atoms with Crippen LogP contribution < -0.4 is 16.0 Å². The lowest BCUT2D eigenvalue weighted by Gasteiger charge is -2.27. The molecule has 6 heteroatoms. The minimum Gasteiger partial charge on any atom is -0.440 e. The Balaban J connectivity index is 1.86. The molecule has 0 fully saturated rings. The third-order valence-corrected chi connectivity index (χ3v) is 5.72. The fraction of sp³-hybridized carbons (Fsp3) is 0.167. The highest BCUT2D eigenvalue weighted by atomic mass is 35.5. The van der Waals surface area contributed by atoms with Crippen molar-refractivity contribution < 1.29 is 4.74 Å². The lowest BCUT2D eigenvalue weighted by Crippen LogP contribution is -2.33. The van der Waals surface area contributed by atoms with Crippen molar-refractivity contribution in [1.29, 1.82) is 5.26 Å². The van der Waals surface area contributed by atoms with Crippen molar-refractivity contribution in [2.24, 2.45) is 5.73 Å². The first-order chi connectivity index (χ1) is 14.5. The summed E-state index contributed by atoms with van der Waals surface area (Å²) in [5.74, 6) is -0.311. The number of aromatic nitrogens is 1. The van der Waals surface area contributed by atoms with Crippen molar-refractivity contribution >= 4 is 11.6 Å². The molecule has 4 rings (SSSR count). The zero-order chi connectivity index (χ0) is 21.3. The van der Waals surface area contributed by atoms with Gasteiger partial charge in [0.15, 0.2) is 0 Å². The van der Waals surface area contributed by atoms with E-state index in [1.807, 2.05) is 43.3 Å². The van der Waals surface area contributed by atoms with Gasteiger partial charge in [-0.05, 0) is 30.5 Å². The van der Waals surface area contributed by atoms with Crippen LogP contribution in [0.3, 0.4) is 0 Å². The van der Waals surface area contributed by atoms with Gasteiger partial charge in [-0.1, -0.05) is 60.1 Å².